The molecular formula is C14H18N4O2S. The van der Waals surface area contributed by atoms with Gasteiger partial charge in [-0.3, -0.25) is 10.2 Å². The summed E-state index contributed by atoms with van der Waals surface area (Å²) in [5.41, 5.74) is 10.4. The number of nitrogens with two attached hydrogens (primary N) is 1. The van der Waals surface area contributed by atoms with Crippen molar-refractivity contribution in [1.82, 2.24) is 4.90 Å². The molecule has 1 aliphatic rings. The second kappa shape index (κ2) is 7.14. The van der Waals surface area contributed by atoms with Crippen molar-refractivity contribution < 1.29 is 9.53 Å². The molecule has 112 valence electrons. The van der Waals surface area contributed by atoms with Gasteiger partial charge in [0.25, 0.3) is 5.91 Å². The minimum atomic E-state index is -0.272. The number of carbonyl (C=O) groups excluding carboxylic acids is 1. The van der Waals surface area contributed by atoms with Crippen molar-refractivity contribution in [2.75, 3.05) is 31.7 Å². The summed E-state index contributed by atoms with van der Waals surface area (Å²) >= 11 is 4.93. The summed E-state index contributed by atoms with van der Waals surface area (Å²) < 4.78 is 5.22. The highest BCUT2D eigenvalue weighted by Crippen LogP contribution is 2.09. The second-order valence-electron chi connectivity index (χ2n) is 4.71. The van der Waals surface area contributed by atoms with Crippen LogP contribution in [0.25, 0.3) is 0 Å². The zero-order valence-electron chi connectivity index (χ0n) is 11.8. The number of hydrogen-bond acceptors (Lipinski definition) is 5. The first-order valence-electron chi connectivity index (χ1n) is 6.65. The van der Waals surface area contributed by atoms with Crippen molar-refractivity contribution in [1.29, 1.82) is 0 Å². The number of carbonyl (C=O) groups is 1. The predicted octanol–water partition coefficient (Wildman–Crippen LogP) is 0.908. The summed E-state index contributed by atoms with van der Waals surface area (Å²) in [6, 6.07) is 7.65. The van der Waals surface area contributed by atoms with E-state index >= 15 is 0 Å². The Balaban J connectivity index is 2.12. The van der Waals surface area contributed by atoms with Crippen LogP contribution >= 0.6 is 12.2 Å². The van der Waals surface area contributed by atoms with Gasteiger partial charge in [0.15, 0.2) is 5.71 Å². The van der Waals surface area contributed by atoms with Crippen LogP contribution in [0.1, 0.15) is 5.56 Å². The molecule has 0 saturated carbocycles. The van der Waals surface area contributed by atoms with Crippen LogP contribution < -0.4 is 11.2 Å². The highest BCUT2D eigenvalue weighted by Gasteiger charge is 2.23. The summed E-state index contributed by atoms with van der Waals surface area (Å²) in [5, 5.41) is 4.08. The van der Waals surface area contributed by atoms with Crippen LogP contribution in [-0.4, -0.2) is 47.8 Å². The molecule has 1 aromatic rings. The van der Waals surface area contributed by atoms with E-state index < -0.39 is 0 Å². The van der Waals surface area contributed by atoms with Crippen molar-refractivity contribution in [3.8, 4) is 0 Å². The van der Waals surface area contributed by atoms with E-state index in [1.54, 1.807) is 4.90 Å². The molecule has 0 spiro atoms. The Hall–Kier alpha value is -1.99. The van der Waals surface area contributed by atoms with Gasteiger partial charge in [-0.2, -0.15) is 5.10 Å². The van der Waals surface area contributed by atoms with E-state index in [2.05, 4.69) is 10.5 Å². The van der Waals surface area contributed by atoms with Crippen molar-refractivity contribution in [3.05, 3.63) is 29.8 Å². The fraction of sp³-hybridized carbons (Fsp3) is 0.357. The minimum absolute atomic E-state index is 0.0216. The SMILES string of the molecule is Cc1cccc(NN=C(C(=O)N2CCOCC2)C(N)=S)c1. The summed E-state index contributed by atoms with van der Waals surface area (Å²) in [7, 11) is 0. The van der Waals surface area contributed by atoms with Gasteiger partial charge in [0, 0.05) is 13.1 Å². The molecule has 0 aliphatic carbocycles. The molecule has 3 N–H and O–H groups in total. The van der Waals surface area contributed by atoms with Crippen LogP contribution in [0.5, 0.6) is 0 Å². The van der Waals surface area contributed by atoms with Crippen molar-refractivity contribution >= 4 is 34.5 Å². The minimum Gasteiger partial charge on any atom is -0.388 e. The zero-order chi connectivity index (χ0) is 15.2. The number of hydrogen-bond donors (Lipinski definition) is 2. The third kappa shape index (κ3) is 4.24. The Morgan fingerprint density at radius 3 is 2.76 bits per heavy atom. The van der Waals surface area contributed by atoms with E-state index in [1.165, 1.54) is 0 Å². The van der Waals surface area contributed by atoms with Gasteiger partial charge in [0.2, 0.25) is 0 Å². The number of nitrogens with zero attached hydrogens (tertiary/aromatic N) is 2. The molecule has 21 heavy (non-hydrogen) atoms. The van der Waals surface area contributed by atoms with E-state index in [0.29, 0.717) is 26.3 Å². The Kier molecular flexibility index (Phi) is 5.24. The monoisotopic (exact) mass is 306 g/mol. The van der Waals surface area contributed by atoms with E-state index in [4.69, 9.17) is 22.7 Å². The molecule has 1 saturated heterocycles. The van der Waals surface area contributed by atoms with Crippen molar-refractivity contribution in [2.24, 2.45) is 10.8 Å². The lowest BCUT2D eigenvalue weighted by molar-refractivity contribution is -0.127. The number of anilines is 1. The first kappa shape index (κ1) is 15.4. The van der Waals surface area contributed by atoms with Gasteiger partial charge in [-0.1, -0.05) is 24.4 Å². The molecular weight excluding hydrogens is 288 g/mol. The molecule has 1 aliphatic heterocycles. The van der Waals surface area contributed by atoms with Gasteiger partial charge in [-0.05, 0) is 24.6 Å². The average Bonchev–Trinajstić information content (AvgIpc) is 2.48. The maximum atomic E-state index is 12.4. The quantitative estimate of drug-likeness (QED) is 0.491. The van der Waals surface area contributed by atoms with Crippen LogP contribution in [0.15, 0.2) is 29.4 Å². The molecule has 0 atom stereocenters. The molecule has 0 radical (unpaired) electrons. The highest BCUT2D eigenvalue weighted by atomic mass is 32.1. The lowest BCUT2D eigenvalue weighted by atomic mass is 10.2. The zero-order valence-corrected chi connectivity index (χ0v) is 12.7. The van der Waals surface area contributed by atoms with Crippen LogP contribution in [0.2, 0.25) is 0 Å². The van der Waals surface area contributed by atoms with Gasteiger partial charge in [0.1, 0.15) is 4.99 Å². The Morgan fingerprint density at radius 1 is 1.43 bits per heavy atom. The maximum Gasteiger partial charge on any atom is 0.277 e. The number of rotatable bonds is 4. The van der Waals surface area contributed by atoms with Crippen LogP contribution in [0, 0.1) is 6.92 Å². The first-order chi connectivity index (χ1) is 10.1. The third-order valence-electron chi connectivity index (χ3n) is 3.05. The molecule has 0 aromatic heterocycles. The molecule has 1 aromatic carbocycles. The van der Waals surface area contributed by atoms with Gasteiger partial charge in [-0.15, -0.1) is 0 Å². The Bertz CT molecular complexity index is 568. The molecule has 1 amide bonds. The average molecular weight is 306 g/mol. The smallest absolute Gasteiger partial charge is 0.277 e. The number of aryl methyl sites for hydroxylation is 1. The summed E-state index contributed by atoms with van der Waals surface area (Å²) in [5.74, 6) is -0.272. The number of morpholine rings is 1. The van der Waals surface area contributed by atoms with E-state index in [-0.39, 0.29) is 16.6 Å². The molecule has 1 heterocycles. The Labute approximate surface area is 128 Å². The van der Waals surface area contributed by atoms with E-state index in [9.17, 15) is 4.79 Å². The number of amides is 1. The van der Waals surface area contributed by atoms with Gasteiger partial charge in [-0.25, -0.2) is 0 Å². The molecule has 0 unspecified atom stereocenters. The Morgan fingerprint density at radius 2 is 2.14 bits per heavy atom. The number of nitrogens with one attached hydrogen (secondary N) is 1. The van der Waals surface area contributed by atoms with E-state index in [0.717, 1.165) is 11.3 Å². The van der Waals surface area contributed by atoms with Gasteiger partial charge < -0.3 is 15.4 Å². The summed E-state index contributed by atoms with van der Waals surface area (Å²) in [4.78, 5) is 14.0. The number of benzene rings is 1. The fourth-order valence-corrected chi connectivity index (χ4v) is 2.09. The summed E-state index contributed by atoms with van der Waals surface area (Å²) in [6.07, 6.45) is 0. The van der Waals surface area contributed by atoms with Gasteiger partial charge >= 0.3 is 0 Å². The lowest BCUT2D eigenvalue weighted by Crippen LogP contribution is -2.47. The molecule has 7 heteroatoms. The van der Waals surface area contributed by atoms with Crippen LogP contribution in [0.3, 0.4) is 0 Å². The summed E-state index contributed by atoms with van der Waals surface area (Å²) in [6.45, 7) is 4.04. The fourth-order valence-electron chi connectivity index (χ4n) is 1.96. The molecule has 6 nitrogen and oxygen atoms in total. The van der Waals surface area contributed by atoms with Crippen LogP contribution in [0.4, 0.5) is 5.69 Å². The normalized spacial score (nSPS) is 15.7. The second-order valence-corrected chi connectivity index (χ2v) is 5.15. The standard InChI is InChI=1S/C14H18N4O2S/c1-10-3-2-4-11(9-10)16-17-12(13(15)21)14(19)18-5-7-20-8-6-18/h2-4,9,16H,5-8H2,1H3,(H2,15,21). The molecule has 0 bridgehead atoms. The topological polar surface area (TPSA) is 80.0 Å². The van der Waals surface area contributed by atoms with Crippen molar-refractivity contribution in [2.45, 2.75) is 6.92 Å². The number of ether oxygens (including phenoxy) is 1. The predicted molar refractivity (Wildman–Crippen MR) is 86.4 cm³/mol. The number of hydrazone groups is 1. The highest BCUT2D eigenvalue weighted by molar-refractivity contribution is 7.82. The van der Waals surface area contributed by atoms with E-state index in [1.807, 2.05) is 31.2 Å². The van der Waals surface area contributed by atoms with Gasteiger partial charge in [0.05, 0.1) is 18.9 Å². The van der Waals surface area contributed by atoms with Crippen molar-refractivity contribution in [3.63, 3.8) is 0 Å². The largest absolute Gasteiger partial charge is 0.388 e. The first-order valence-corrected chi connectivity index (χ1v) is 7.06. The third-order valence-corrected chi connectivity index (χ3v) is 3.24. The number of thiocarbonyl (C=S) groups is 1. The lowest BCUT2D eigenvalue weighted by Gasteiger charge is -2.26. The maximum absolute atomic E-state index is 12.4. The molecule has 1 fully saturated rings. The molecule has 2 rings (SSSR count). The van der Waals surface area contributed by atoms with Crippen LogP contribution in [-0.2, 0) is 9.53 Å².